The summed E-state index contributed by atoms with van der Waals surface area (Å²) in [5.74, 6) is -0.849. The summed E-state index contributed by atoms with van der Waals surface area (Å²) < 4.78 is 16.0. The first-order chi connectivity index (χ1) is 11.9. The van der Waals surface area contributed by atoms with E-state index in [1.807, 2.05) is 0 Å². The number of phenolic OH excluding ortho intramolecular Hbond substituents is 2. The zero-order valence-corrected chi connectivity index (χ0v) is 13.6. The quantitative estimate of drug-likeness (QED) is 0.824. The smallest absolute Gasteiger partial charge is 0.303 e. The average molecular weight is 344 g/mol. The summed E-state index contributed by atoms with van der Waals surface area (Å²) in [6.45, 7) is 1.20. The van der Waals surface area contributed by atoms with Crippen LogP contribution >= 0.6 is 0 Å². The van der Waals surface area contributed by atoms with Gasteiger partial charge in [-0.2, -0.15) is 0 Å². The number of fused-ring (bicyclic) bond motifs is 1. The zero-order valence-electron chi connectivity index (χ0n) is 13.6. The van der Waals surface area contributed by atoms with E-state index < -0.39 is 24.0 Å². The first-order valence-corrected chi connectivity index (χ1v) is 7.48. The van der Waals surface area contributed by atoms with Crippen LogP contribution in [0.1, 0.15) is 28.9 Å². The number of benzene rings is 2. The van der Waals surface area contributed by atoms with E-state index >= 15 is 0 Å². The molecule has 0 bridgehead atoms. The summed E-state index contributed by atoms with van der Waals surface area (Å²) in [6.07, 6.45) is -2.18. The summed E-state index contributed by atoms with van der Waals surface area (Å²) in [7, 11) is 1.41. The highest BCUT2D eigenvalue weighted by Crippen LogP contribution is 2.40. The molecule has 0 saturated heterocycles. The largest absolute Gasteiger partial charge is 0.508 e. The van der Waals surface area contributed by atoms with E-state index in [4.69, 9.17) is 14.2 Å². The van der Waals surface area contributed by atoms with Crippen LogP contribution in [0.15, 0.2) is 36.4 Å². The van der Waals surface area contributed by atoms with E-state index in [9.17, 15) is 19.8 Å². The summed E-state index contributed by atoms with van der Waals surface area (Å²) in [5, 5.41) is 19.6. The van der Waals surface area contributed by atoms with Gasteiger partial charge in [0.05, 0.1) is 12.7 Å². The van der Waals surface area contributed by atoms with E-state index in [2.05, 4.69) is 0 Å². The van der Waals surface area contributed by atoms with Crippen molar-refractivity contribution in [1.82, 2.24) is 0 Å². The Kier molecular flexibility index (Phi) is 4.22. The molecule has 2 unspecified atom stereocenters. The molecule has 0 spiro atoms. The van der Waals surface area contributed by atoms with Gasteiger partial charge in [0.15, 0.2) is 17.6 Å². The third kappa shape index (κ3) is 3.08. The second-order valence-electron chi connectivity index (χ2n) is 5.54. The molecule has 0 saturated carbocycles. The number of methoxy groups -OCH3 is 1. The lowest BCUT2D eigenvalue weighted by molar-refractivity contribution is -0.148. The number of rotatable bonds is 3. The molecule has 2 aromatic rings. The number of ketones is 1. The van der Waals surface area contributed by atoms with Crippen molar-refractivity contribution in [3.05, 3.63) is 47.5 Å². The maximum Gasteiger partial charge on any atom is 0.303 e. The van der Waals surface area contributed by atoms with Crippen molar-refractivity contribution < 1.29 is 34.0 Å². The van der Waals surface area contributed by atoms with E-state index in [-0.39, 0.29) is 28.6 Å². The van der Waals surface area contributed by atoms with Gasteiger partial charge in [-0.15, -0.1) is 0 Å². The van der Waals surface area contributed by atoms with Gasteiger partial charge in [-0.25, -0.2) is 0 Å². The van der Waals surface area contributed by atoms with Crippen LogP contribution in [0.25, 0.3) is 0 Å². The Morgan fingerprint density at radius 2 is 1.92 bits per heavy atom. The van der Waals surface area contributed by atoms with Crippen molar-refractivity contribution in [2.45, 2.75) is 19.1 Å². The zero-order chi connectivity index (χ0) is 18.1. The minimum absolute atomic E-state index is 0.0613. The second kappa shape index (κ2) is 6.35. The van der Waals surface area contributed by atoms with Gasteiger partial charge in [0.2, 0.25) is 11.9 Å². The number of carbonyl (C=O) groups excluding carboxylic acids is 2. The number of aromatic hydroxyl groups is 2. The van der Waals surface area contributed by atoms with Crippen molar-refractivity contribution in [2.75, 3.05) is 7.11 Å². The van der Waals surface area contributed by atoms with Crippen molar-refractivity contribution in [1.29, 1.82) is 0 Å². The Morgan fingerprint density at radius 3 is 2.56 bits per heavy atom. The van der Waals surface area contributed by atoms with Gasteiger partial charge in [-0.05, 0) is 24.3 Å². The molecule has 1 aliphatic heterocycles. The Balaban J connectivity index is 2.07. The summed E-state index contributed by atoms with van der Waals surface area (Å²) in [5.41, 5.74) is 0.630. The molecule has 2 atom stereocenters. The predicted molar refractivity (Wildman–Crippen MR) is 86.0 cm³/mol. The summed E-state index contributed by atoms with van der Waals surface area (Å²) in [4.78, 5) is 24.2. The maximum atomic E-state index is 12.7. The maximum absolute atomic E-state index is 12.7. The highest BCUT2D eigenvalue weighted by Gasteiger charge is 2.41. The molecule has 2 N–H and O–H groups in total. The minimum Gasteiger partial charge on any atom is -0.508 e. The number of ether oxygens (including phenoxy) is 3. The molecule has 0 radical (unpaired) electrons. The fraction of sp³-hybridized carbons (Fsp3) is 0.222. The van der Waals surface area contributed by atoms with Crippen molar-refractivity contribution >= 4 is 11.8 Å². The summed E-state index contributed by atoms with van der Waals surface area (Å²) >= 11 is 0. The fourth-order valence-corrected chi connectivity index (χ4v) is 2.72. The number of hydrogen-bond acceptors (Lipinski definition) is 7. The van der Waals surface area contributed by atoms with Crippen LogP contribution in [0.2, 0.25) is 0 Å². The van der Waals surface area contributed by atoms with Crippen LogP contribution < -0.4 is 9.47 Å². The SMILES string of the molecule is COc1ccc(C2Oc3cc(O)ccc3C(=O)C2OC(C)=O)cc1O. The van der Waals surface area contributed by atoms with E-state index in [1.165, 1.54) is 44.4 Å². The average Bonchev–Trinajstić information content (AvgIpc) is 2.56. The lowest BCUT2D eigenvalue weighted by atomic mass is 9.93. The molecule has 0 amide bonds. The molecule has 25 heavy (non-hydrogen) atoms. The number of carbonyl (C=O) groups is 2. The molecular weight excluding hydrogens is 328 g/mol. The van der Waals surface area contributed by atoms with Crippen molar-refractivity contribution in [2.24, 2.45) is 0 Å². The third-order valence-electron chi connectivity index (χ3n) is 3.84. The molecule has 130 valence electrons. The molecule has 2 aromatic carbocycles. The molecule has 0 fully saturated rings. The number of esters is 1. The van der Waals surface area contributed by atoms with Gasteiger partial charge < -0.3 is 24.4 Å². The fourth-order valence-electron chi connectivity index (χ4n) is 2.72. The molecular formula is C18H16O7. The molecule has 1 aliphatic rings. The molecule has 0 aromatic heterocycles. The van der Waals surface area contributed by atoms with Crippen molar-refractivity contribution in [3.63, 3.8) is 0 Å². The van der Waals surface area contributed by atoms with Crippen LogP contribution in [0.4, 0.5) is 0 Å². The number of hydrogen-bond donors (Lipinski definition) is 2. The van der Waals surface area contributed by atoms with Gasteiger partial charge in [0.25, 0.3) is 0 Å². The Labute approximate surface area is 143 Å². The molecule has 7 nitrogen and oxygen atoms in total. The second-order valence-corrected chi connectivity index (χ2v) is 5.54. The van der Waals surface area contributed by atoms with Crippen LogP contribution in [-0.4, -0.2) is 35.2 Å². The van der Waals surface area contributed by atoms with Crippen LogP contribution in [0, 0.1) is 0 Å². The topological polar surface area (TPSA) is 102 Å². The summed E-state index contributed by atoms with van der Waals surface area (Å²) in [6, 6.07) is 8.56. The first-order valence-electron chi connectivity index (χ1n) is 7.48. The Bertz CT molecular complexity index is 843. The number of phenols is 2. The molecule has 1 heterocycles. The lowest BCUT2D eigenvalue weighted by Crippen LogP contribution is -2.39. The van der Waals surface area contributed by atoms with Gasteiger partial charge in [0.1, 0.15) is 11.5 Å². The normalized spacial score (nSPS) is 18.9. The van der Waals surface area contributed by atoms with Gasteiger partial charge >= 0.3 is 5.97 Å². The van der Waals surface area contributed by atoms with E-state index in [0.717, 1.165) is 0 Å². The standard InChI is InChI=1S/C18H16O7/c1-9(19)24-18-16(22)12-5-4-11(20)8-15(12)25-17(18)10-3-6-14(23-2)13(21)7-10/h3-8,17-18,20-21H,1-2H3. The molecule has 3 rings (SSSR count). The Hall–Kier alpha value is -3.22. The van der Waals surface area contributed by atoms with Gasteiger partial charge in [-0.1, -0.05) is 6.07 Å². The van der Waals surface area contributed by atoms with Crippen LogP contribution in [0.5, 0.6) is 23.0 Å². The third-order valence-corrected chi connectivity index (χ3v) is 3.84. The Morgan fingerprint density at radius 1 is 1.16 bits per heavy atom. The predicted octanol–water partition coefficient (Wildman–Crippen LogP) is 2.35. The van der Waals surface area contributed by atoms with Crippen molar-refractivity contribution in [3.8, 4) is 23.0 Å². The monoisotopic (exact) mass is 344 g/mol. The van der Waals surface area contributed by atoms with E-state index in [1.54, 1.807) is 6.07 Å². The molecule has 0 aliphatic carbocycles. The first kappa shape index (κ1) is 16.6. The minimum atomic E-state index is -1.21. The van der Waals surface area contributed by atoms with Crippen LogP contribution in [-0.2, 0) is 9.53 Å². The van der Waals surface area contributed by atoms with Gasteiger partial charge in [0, 0.05) is 18.6 Å². The van der Waals surface area contributed by atoms with E-state index in [0.29, 0.717) is 5.56 Å². The lowest BCUT2D eigenvalue weighted by Gasteiger charge is -2.32. The highest BCUT2D eigenvalue weighted by molar-refractivity contribution is 6.04. The molecule has 7 heteroatoms. The highest BCUT2D eigenvalue weighted by atomic mass is 16.6. The van der Waals surface area contributed by atoms with Gasteiger partial charge in [-0.3, -0.25) is 9.59 Å². The van der Waals surface area contributed by atoms with Crippen LogP contribution in [0.3, 0.4) is 0 Å². The number of Topliss-reactive ketones (excluding diaryl/α,β-unsaturated/α-hetero) is 1.